The Morgan fingerprint density at radius 3 is 0.909 bits per heavy atom. The molecule has 0 aromatic rings. The quantitative estimate of drug-likeness (QED) is 0.568. The molecule has 1 fully saturated rings. The molecule has 5 heteroatoms. The molecular weight excluding hydrogens is 164 g/mol. The van der Waals surface area contributed by atoms with E-state index in [1.807, 2.05) is 0 Å². The molecule has 0 amide bonds. The van der Waals surface area contributed by atoms with Gasteiger partial charge in [0.05, 0.1) is 0 Å². The van der Waals surface area contributed by atoms with Gasteiger partial charge in [-0.3, -0.25) is 0 Å². The average molecular weight is 180 g/mol. The zero-order valence-electron chi connectivity index (χ0n) is 6.62. The van der Waals surface area contributed by atoms with Crippen LogP contribution < -0.4 is 10.3 Å². The number of hydrogen-bond donors (Lipinski definition) is 2. The first-order chi connectivity index (χ1) is 5.00. The summed E-state index contributed by atoms with van der Waals surface area (Å²) in [5.41, 5.74) is 0. The van der Waals surface area contributed by atoms with Gasteiger partial charge in [-0.1, -0.05) is 38.5 Å². The fourth-order valence-electron chi connectivity index (χ4n) is 1.06. The molecule has 0 bridgehead atoms. The molecule has 0 aromatic carbocycles. The summed E-state index contributed by atoms with van der Waals surface area (Å²) in [7, 11) is -3.67. The third-order valence-corrected chi connectivity index (χ3v) is 1.50. The first-order valence-corrected chi connectivity index (χ1v) is 5.41. The van der Waals surface area contributed by atoms with Gasteiger partial charge in [0, 0.05) is 0 Å². The van der Waals surface area contributed by atoms with Gasteiger partial charge in [-0.2, -0.15) is 8.42 Å². The minimum absolute atomic E-state index is 1.50. The van der Waals surface area contributed by atoms with Crippen LogP contribution in [0.25, 0.3) is 0 Å². The predicted molar refractivity (Wildman–Crippen MR) is 45.0 cm³/mol. The minimum atomic E-state index is -3.67. The second-order valence-corrected chi connectivity index (χ2v) is 3.89. The lowest BCUT2D eigenvalue weighted by Gasteiger charge is -2.05. The van der Waals surface area contributed by atoms with Crippen molar-refractivity contribution in [2.75, 3.05) is 0 Å². The standard InChI is InChI=1S/C6H12.H4N2O2S/c1-2-4-6-5-3-1;1-5(2,3)4/h1-6H2;(H4,1,2,3,4). The van der Waals surface area contributed by atoms with Gasteiger partial charge in [0.2, 0.25) is 0 Å². The zero-order valence-corrected chi connectivity index (χ0v) is 7.44. The minimum Gasteiger partial charge on any atom is -0.216 e. The monoisotopic (exact) mass is 180 g/mol. The van der Waals surface area contributed by atoms with Crippen LogP contribution in [0.4, 0.5) is 0 Å². The van der Waals surface area contributed by atoms with Gasteiger partial charge in [0.25, 0.3) is 10.2 Å². The Hall–Kier alpha value is -0.130. The smallest absolute Gasteiger partial charge is 0.216 e. The Morgan fingerprint density at radius 1 is 0.727 bits per heavy atom. The second kappa shape index (κ2) is 5.51. The highest BCUT2D eigenvalue weighted by atomic mass is 32.2. The van der Waals surface area contributed by atoms with E-state index < -0.39 is 10.2 Å². The first-order valence-electron chi connectivity index (χ1n) is 3.80. The molecule has 0 heterocycles. The van der Waals surface area contributed by atoms with Crippen LogP contribution in [0.2, 0.25) is 0 Å². The maximum Gasteiger partial charge on any atom is 0.271 e. The van der Waals surface area contributed by atoms with E-state index in [2.05, 4.69) is 10.3 Å². The Labute approximate surface area is 68.1 Å². The van der Waals surface area contributed by atoms with E-state index in [1.54, 1.807) is 0 Å². The van der Waals surface area contributed by atoms with Crippen molar-refractivity contribution in [1.82, 2.24) is 0 Å². The largest absolute Gasteiger partial charge is 0.271 e. The van der Waals surface area contributed by atoms with Crippen LogP contribution in [0.5, 0.6) is 0 Å². The summed E-state index contributed by atoms with van der Waals surface area (Å²) in [5.74, 6) is 0. The highest BCUT2D eigenvalue weighted by Gasteiger charge is 1.95. The van der Waals surface area contributed by atoms with Gasteiger partial charge < -0.3 is 0 Å². The Balaban J connectivity index is 0.000000187. The molecule has 4 N–H and O–H groups in total. The van der Waals surface area contributed by atoms with Gasteiger partial charge in [-0.05, 0) is 0 Å². The molecule has 0 saturated heterocycles. The van der Waals surface area contributed by atoms with Crippen molar-refractivity contribution in [3.05, 3.63) is 0 Å². The van der Waals surface area contributed by atoms with E-state index in [4.69, 9.17) is 0 Å². The van der Waals surface area contributed by atoms with Gasteiger partial charge in [-0.25, -0.2) is 10.3 Å². The Morgan fingerprint density at radius 2 is 0.818 bits per heavy atom. The third-order valence-electron chi connectivity index (χ3n) is 1.50. The van der Waals surface area contributed by atoms with Crippen molar-refractivity contribution in [3.8, 4) is 0 Å². The van der Waals surface area contributed by atoms with Crippen molar-refractivity contribution < 1.29 is 8.42 Å². The number of rotatable bonds is 0. The number of hydrogen-bond acceptors (Lipinski definition) is 2. The van der Waals surface area contributed by atoms with E-state index in [0.29, 0.717) is 0 Å². The van der Waals surface area contributed by atoms with Gasteiger partial charge in [0.15, 0.2) is 0 Å². The van der Waals surface area contributed by atoms with Crippen LogP contribution in [-0.2, 0) is 10.2 Å². The van der Waals surface area contributed by atoms with Crippen molar-refractivity contribution in [2.24, 2.45) is 10.3 Å². The second-order valence-electron chi connectivity index (χ2n) is 2.71. The lowest BCUT2D eigenvalue weighted by atomic mass is 10.0. The van der Waals surface area contributed by atoms with Crippen molar-refractivity contribution >= 4 is 10.2 Å². The molecule has 1 rings (SSSR count). The molecule has 0 atom stereocenters. The molecule has 1 aliphatic rings. The van der Waals surface area contributed by atoms with Crippen molar-refractivity contribution in [3.63, 3.8) is 0 Å². The predicted octanol–water partition coefficient (Wildman–Crippen LogP) is 0.489. The highest BCUT2D eigenvalue weighted by molar-refractivity contribution is 7.86. The lowest BCUT2D eigenvalue weighted by molar-refractivity contribution is 0.504. The van der Waals surface area contributed by atoms with E-state index >= 15 is 0 Å². The molecule has 4 nitrogen and oxygen atoms in total. The Bertz CT molecular complexity index is 154. The molecule has 0 radical (unpaired) electrons. The molecule has 1 aliphatic carbocycles. The fraction of sp³-hybridized carbons (Fsp3) is 1.00. The van der Waals surface area contributed by atoms with E-state index in [0.717, 1.165) is 0 Å². The molecule has 0 spiro atoms. The van der Waals surface area contributed by atoms with E-state index in [-0.39, 0.29) is 0 Å². The van der Waals surface area contributed by atoms with Crippen molar-refractivity contribution in [1.29, 1.82) is 0 Å². The number of nitrogens with two attached hydrogens (primary N) is 2. The maximum absolute atomic E-state index is 9.19. The van der Waals surface area contributed by atoms with Crippen LogP contribution >= 0.6 is 0 Å². The van der Waals surface area contributed by atoms with Gasteiger partial charge >= 0.3 is 0 Å². The summed E-state index contributed by atoms with van der Waals surface area (Å²) in [4.78, 5) is 0. The SMILES string of the molecule is C1CCCCC1.NS(N)(=O)=O. The maximum atomic E-state index is 9.19. The fourth-order valence-corrected chi connectivity index (χ4v) is 1.06. The van der Waals surface area contributed by atoms with Crippen LogP contribution in [0.3, 0.4) is 0 Å². The topological polar surface area (TPSA) is 86.2 Å². The van der Waals surface area contributed by atoms with E-state index in [1.165, 1.54) is 38.5 Å². The van der Waals surface area contributed by atoms with Gasteiger partial charge in [0.1, 0.15) is 0 Å². The Kier molecular flexibility index (Phi) is 5.45. The molecule has 68 valence electrons. The summed E-state index contributed by atoms with van der Waals surface area (Å²) in [6.45, 7) is 0. The molecule has 0 aliphatic heterocycles. The highest BCUT2D eigenvalue weighted by Crippen LogP contribution is 2.15. The normalized spacial score (nSPS) is 18.4. The van der Waals surface area contributed by atoms with Crippen molar-refractivity contribution in [2.45, 2.75) is 38.5 Å². The van der Waals surface area contributed by atoms with Crippen LogP contribution in [0, 0.1) is 0 Å². The van der Waals surface area contributed by atoms with Gasteiger partial charge in [-0.15, -0.1) is 0 Å². The van der Waals surface area contributed by atoms with Crippen LogP contribution in [0.1, 0.15) is 38.5 Å². The van der Waals surface area contributed by atoms with Crippen LogP contribution in [-0.4, -0.2) is 8.42 Å². The molecule has 11 heavy (non-hydrogen) atoms. The summed E-state index contributed by atoms with van der Waals surface area (Å²) >= 11 is 0. The third kappa shape index (κ3) is 17.7. The average Bonchev–Trinajstić information content (AvgIpc) is 1.88. The molecule has 0 aromatic heterocycles. The summed E-state index contributed by atoms with van der Waals surface area (Å²) in [6, 6.07) is 0. The lowest BCUT2D eigenvalue weighted by Crippen LogP contribution is -2.21. The molecule has 0 unspecified atom stereocenters. The zero-order chi connectivity index (χ0) is 8.74. The van der Waals surface area contributed by atoms with E-state index in [9.17, 15) is 8.42 Å². The molecule has 1 saturated carbocycles. The summed E-state index contributed by atoms with van der Waals surface area (Å²) in [5, 5.41) is 8.21. The summed E-state index contributed by atoms with van der Waals surface area (Å²) in [6.07, 6.45) is 9.00. The summed E-state index contributed by atoms with van der Waals surface area (Å²) < 4.78 is 18.4. The van der Waals surface area contributed by atoms with Crippen LogP contribution in [0.15, 0.2) is 0 Å². The first kappa shape index (κ1) is 10.9. The molecular formula is C6H16N2O2S.